The molecular formula is C9H7ClN2O. The molecule has 66 valence electrons. The third-order valence-corrected chi connectivity index (χ3v) is 2.06. The van der Waals surface area contributed by atoms with Crippen molar-refractivity contribution in [3.8, 4) is 5.88 Å². The molecule has 4 heteroatoms. The van der Waals surface area contributed by atoms with Gasteiger partial charge in [0.2, 0.25) is 5.88 Å². The van der Waals surface area contributed by atoms with Crippen LogP contribution >= 0.6 is 11.6 Å². The Morgan fingerprint density at radius 1 is 1.46 bits per heavy atom. The molecule has 0 radical (unpaired) electrons. The minimum Gasteiger partial charge on any atom is -0.481 e. The van der Waals surface area contributed by atoms with Crippen molar-refractivity contribution >= 4 is 22.5 Å². The third-order valence-electron chi connectivity index (χ3n) is 1.75. The lowest BCUT2D eigenvalue weighted by atomic mass is 10.3. The Labute approximate surface area is 80.3 Å². The molecule has 2 rings (SSSR count). The summed E-state index contributed by atoms with van der Waals surface area (Å²) < 4.78 is 4.99. The van der Waals surface area contributed by atoms with E-state index in [1.165, 1.54) is 0 Å². The Bertz CT molecular complexity index is 445. The van der Waals surface area contributed by atoms with Gasteiger partial charge in [0.05, 0.1) is 17.6 Å². The zero-order chi connectivity index (χ0) is 9.26. The van der Waals surface area contributed by atoms with Crippen molar-refractivity contribution in [3.05, 3.63) is 29.5 Å². The molecule has 2 aromatic heterocycles. The number of methoxy groups -OCH3 is 1. The van der Waals surface area contributed by atoms with E-state index in [1.807, 2.05) is 0 Å². The largest absolute Gasteiger partial charge is 0.481 e. The van der Waals surface area contributed by atoms with Crippen LogP contribution in [-0.4, -0.2) is 17.1 Å². The molecule has 0 unspecified atom stereocenters. The molecule has 0 aromatic carbocycles. The highest BCUT2D eigenvalue weighted by atomic mass is 35.5. The van der Waals surface area contributed by atoms with Crippen molar-refractivity contribution in [2.75, 3.05) is 7.11 Å². The van der Waals surface area contributed by atoms with Crippen molar-refractivity contribution in [1.82, 2.24) is 9.97 Å². The van der Waals surface area contributed by atoms with Crippen LogP contribution in [0.3, 0.4) is 0 Å². The van der Waals surface area contributed by atoms with Gasteiger partial charge in [0.15, 0.2) is 0 Å². The predicted molar refractivity (Wildman–Crippen MR) is 51.1 cm³/mol. The molecule has 0 saturated carbocycles. The summed E-state index contributed by atoms with van der Waals surface area (Å²) in [7, 11) is 1.56. The van der Waals surface area contributed by atoms with Crippen molar-refractivity contribution in [3.63, 3.8) is 0 Å². The Morgan fingerprint density at radius 2 is 2.31 bits per heavy atom. The van der Waals surface area contributed by atoms with Crippen LogP contribution in [0.4, 0.5) is 0 Å². The maximum absolute atomic E-state index is 5.98. The van der Waals surface area contributed by atoms with Crippen LogP contribution < -0.4 is 4.74 Å². The van der Waals surface area contributed by atoms with Crippen molar-refractivity contribution < 1.29 is 4.74 Å². The highest BCUT2D eigenvalue weighted by Crippen LogP contribution is 2.24. The zero-order valence-electron chi connectivity index (χ0n) is 6.99. The van der Waals surface area contributed by atoms with Crippen LogP contribution in [0.2, 0.25) is 5.02 Å². The van der Waals surface area contributed by atoms with E-state index in [2.05, 4.69) is 9.97 Å². The Balaban J connectivity index is 2.77. The second kappa shape index (κ2) is 3.18. The minimum absolute atomic E-state index is 0.517. The molecular weight excluding hydrogens is 188 g/mol. The molecule has 0 spiro atoms. The number of halogens is 1. The summed E-state index contributed by atoms with van der Waals surface area (Å²) in [6.07, 6.45) is 3.36. The number of pyridine rings is 2. The van der Waals surface area contributed by atoms with Crippen LogP contribution in [-0.2, 0) is 0 Å². The smallest absolute Gasteiger partial charge is 0.215 e. The molecule has 2 heterocycles. The number of hydrogen-bond donors (Lipinski definition) is 0. The summed E-state index contributed by atoms with van der Waals surface area (Å²) in [5, 5.41) is 1.44. The molecule has 0 N–H and O–H groups in total. The van der Waals surface area contributed by atoms with Gasteiger partial charge in [-0.3, -0.25) is 4.98 Å². The molecule has 0 aliphatic rings. The lowest BCUT2D eigenvalue weighted by Gasteiger charge is -2.02. The quantitative estimate of drug-likeness (QED) is 0.699. The number of hydrogen-bond acceptors (Lipinski definition) is 3. The van der Waals surface area contributed by atoms with E-state index >= 15 is 0 Å². The summed E-state index contributed by atoms with van der Waals surface area (Å²) in [6, 6.07) is 3.47. The average molecular weight is 195 g/mol. The predicted octanol–water partition coefficient (Wildman–Crippen LogP) is 2.29. The molecule has 0 bridgehead atoms. The van der Waals surface area contributed by atoms with E-state index in [0.29, 0.717) is 10.9 Å². The van der Waals surface area contributed by atoms with Gasteiger partial charge in [-0.05, 0) is 6.07 Å². The zero-order valence-corrected chi connectivity index (χ0v) is 7.75. The second-order valence-corrected chi connectivity index (χ2v) is 2.95. The second-order valence-electron chi connectivity index (χ2n) is 2.54. The minimum atomic E-state index is 0.517. The highest BCUT2D eigenvalue weighted by molar-refractivity contribution is 6.35. The van der Waals surface area contributed by atoms with Gasteiger partial charge in [-0.15, -0.1) is 0 Å². The first-order valence-electron chi connectivity index (χ1n) is 3.75. The summed E-state index contributed by atoms with van der Waals surface area (Å²) in [6.45, 7) is 0. The maximum Gasteiger partial charge on any atom is 0.215 e. The van der Waals surface area contributed by atoms with Crippen molar-refractivity contribution in [1.29, 1.82) is 0 Å². The van der Waals surface area contributed by atoms with Crippen molar-refractivity contribution in [2.45, 2.75) is 0 Å². The van der Waals surface area contributed by atoms with E-state index in [4.69, 9.17) is 16.3 Å². The monoisotopic (exact) mass is 194 g/mol. The SMILES string of the molecule is COc1cc(Cl)c2cnccc2n1. The fourth-order valence-corrected chi connectivity index (χ4v) is 1.35. The van der Waals surface area contributed by atoms with Crippen LogP contribution in [0, 0.1) is 0 Å². The van der Waals surface area contributed by atoms with Gasteiger partial charge in [-0.2, -0.15) is 0 Å². The normalized spacial score (nSPS) is 10.3. The van der Waals surface area contributed by atoms with Crippen molar-refractivity contribution in [2.24, 2.45) is 0 Å². The maximum atomic E-state index is 5.98. The van der Waals surface area contributed by atoms with Crippen LogP contribution in [0.15, 0.2) is 24.5 Å². The van der Waals surface area contributed by atoms with Gasteiger partial charge in [0.1, 0.15) is 0 Å². The van der Waals surface area contributed by atoms with Gasteiger partial charge in [-0.1, -0.05) is 11.6 Å². The van der Waals surface area contributed by atoms with E-state index in [-0.39, 0.29) is 0 Å². The molecule has 2 aromatic rings. The fourth-order valence-electron chi connectivity index (χ4n) is 1.11. The van der Waals surface area contributed by atoms with Gasteiger partial charge in [-0.25, -0.2) is 4.98 Å². The molecule has 0 atom stereocenters. The first kappa shape index (κ1) is 8.26. The Morgan fingerprint density at radius 3 is 3.08 bits per heavy atom. The number of fused-ring (bicyclic) bond motifs is 1. The molecule has 13 heavy (non-hydrogen) atoms. The number of nitrogens with zero attached hydrogens (tertiary/aromatic N) is 2. The fraction of sp³-hybridized carbons (Fsp3) is 0.111. The van der Waals surface area contributed by atoms with Gasteiger partial charge >= 0.3 is 0 Å². The van der Waals surface area contributed by atoms with E-state index < -0.39 is 0 Å². The highest BCUT2D eigenvalue weighted by Gasteiger charge is 2.02. The lowest BCUT2D eigenvalue weighted by molar-refractivity contribution is 0.399. The van der Waals surface area contributed by atoms with Gasteiger partial charge in [0.25, 0.3) is 0 Å². The summed E-state index contributed by atoms with van der Waals surface area (Å²) in [5.74, 6) is 0.517. The molecule has 0 aliphatic heterocycles. The topological polar surface area (TPSA) is 35.0 Å². The first-order chi connectivity index (χ1) is 6.31. The molecule has 0 fully saturated rings. The van der Waals surface area contributed by atoms with Gasteiger partial charge < -0.3 is 4.74 Å². The summed E-state index contributed by atoms with van der Waals surface area (Å²) >= 11 is 5.98. The lowest BCUT2D eigenvalue weighted by Crippen LogP contribution is -1.88. The Kier molecular flexibility index (Phi) is 2.02. The standard InChI is InChI=1S/C9H7ClN2O/c1-13-9-4-7(10)6-5-11-3-2-8(6)12-9/h2-5H,1H3. The van der Waals surface area contributed by atoms with E-state index in [0.717, 1.165) is 10.9 Å². The summed E-state index contributed by atoms with van der Waals surface area (Å²) in [5.41, 5.74) is 0.791. The van der Waals surface area contributed by atoms with Crippen LogP contribution in [0.5, 0.6) is 5.88 Å². The molecule has 0 saturated heterocycles. The average Bonchev–Trinajstić information content (AvgIpc) is 2.18. The van der Waals surface area contributed by atoms with Gasteiger partial charge in [0, 0.05) is 23.8 Å². The van der Waals surface area contributed by atoms with E-state index in [9.17, 15) is 0 Å². The molecule has 0 amide bonds. The molecule has 0 aliphatic carbocycles. The van der Waals surface area contributed by atoms with Crippen LogP contribution in [0.25, 0.3) is 10.9 Å². The third kappa shape index (κ3) is 1.42. The first-order valence-corrected chi connectivity index (χ1v) is 4.13. The number of rotatable bonds is 1. The van der Waals surface area contributed by atoms with Crippen LogP contribution in [0.1, 0.15) is 0 Å². The number of ether oxygens (including phenoxy) is 1. The molecule has 3 nitrogen and oxygen atoms in total. The Hall–Kier alpha value is -1.35. The van der Waals surface area contributed by atoms with E-state index in [1.54, 1.807) is 31.6 Å². The summed E-state index contributed by atoms with van der Waals surface area (Å²) in [4.78, 5) is 8.17. The number of aromatic nitrogens is 2.